The summed E-state index contributed by atoms with van der Waals surface area (Å²) in [5, 5.41) is 7.13. The van der Waals surface area contributed by atoms with Crippen molar-refractivity contribution >= 4 is 17.5 Å². The minimum absolute atomic E-state index is 0.0286. The molecule has 2 amide bonds. The van der Waals surface area contributed by atoms with Crippen LogP contribution in [-0.2, 0) is 11.2 Å². The first kappa shape index (κ1) is 20.8. The molecule has 1 saturated heterocycles. The summed E-state index contributed by atoms with van der Waals surface area (Å²) >= 11 is 0. The van der Waals surface area contributed by atoms with Crippen molar-refractivity contribution < 1.29 is 9.59 Å². The maximum atomic E-state index is 12.5. The van der Waals surface area contributed by atoms with Gasteiger partial charge in [0.15, 0.2) is 0 Å². The van der Waals surface area contributed by atoms with E-state index in [-0.39, 0.29) is 17.7 Å². The molecule has 0 spiro atoms. The zero-order valence-electron chi connectivity index (χ0n) is 17.4. The highest BCUT2D eigenvalue weighted by molar-refractivity contribution is 6.04. The van der Waals surface area contributed by atoms with Gasteiger partial charge in [-0.2, -0.15) is 5.10 Å². The van der Waals surface area contributed by atoms with Crippen LogP contribution in [0.4, 0.5) is 5.69 Å². The maximum Gasteiger partial charge on any atom is 0.255 e. The van der Waals surface area contributed by atoms with Crippen LogP contribution >= 0.6 is 0 Å². The SMILES string of the molecule is NC(=O)C1CCN(CCc2ccc(NC(=O)c3ccc(-n4cccn4)cc3)cc2)CC1. The van der Waals surface area contributed by atoms with E-state index in [4.69, 9.17) is 5.73 Å². The van der Waals surface area contributed by atoms with Crippen LogP contribution in [0.5, 0.6) is 0 Å². The third-order valence-electron chi connectivity index (χ3n) is 5.82. The second-order valence-electron chi connectivity index (χ2n) is 7.92. The molecule has 1 aliphatic rings. The Kier molecular flexibility index (Phi) is 6.43. The highest BCUT2D eigenvalue weighted by Gasteiger charge is 2.22. The zero-order valence-corrected chi connectivity index (χ0v) is 17.4. The number of likely N-dealkylation sites (tertiary alicyclic amines) is 1. The number of anilines is 1. The molecule has 7 nitrogen and oxygen atoms in total. The monoisotopic (exact) mass is 417 g/mol. The lowest BCUT2D eigenvalue weighted by atomic mass is 9.96. The second-order valence-corrected chi connectivity index (χ2v) is 7.92. The van der Waals surface area contributed by atoms with Crippen LogP contribution in [-0.4, -0.2) is 46.1 Å². The van der Waals surface area contributed by atoms with Gasteiger partial charge in [-0.15, -0.1) is 0 Å². The van der Waals surface area contributed by atoms with E-state index in [9.17, 15) is 9.59 Å². The van der Waals surface area contributed by atoms with Crippen LogP contribution in [0, 0.1) is 5.92 Å². The first-order chi connectivity index (χ1) is 15.1. The third-order valence-corrected chi connectivity index (χ3v) is 5.82. The molecular weight excluding hydrogens is 390 g/mol. The lowest BCUT2D eigenvalue weighted by Crippen LogP contribution is -2.39. The number of amides is 2. The Labute approximate surface area is 181 Å². The number of nitrogens with zero attached hydrogens (tertiary/aromatic N) is 3. The highest BCUT2D eigenvalue weighted by atomic mass is 16.2. The number of rotatable bonds is 7. The first-order valence-electron chi connectivity index (χ1n) is 10.6. The van der Waals surface area contributed by atoms with Crippen molar-refractivity contribution in [3.05, 3.63) is 78.1 Å². The Balaban J connectivity index is 1.26. The Bertz CT molecular complexity index is 1010. The molecule has 3 N–H and O–H groups in total. The average Bonchev–Trinajstić information content (AvgIpc) is 3.34. The van der Waals surface area contributed by atoms with Gasteiger partial charge in [-0.1, -0.05) is 12.1 Å². The summed E-state index contributed by atoms with van der Waals surface area (Å²) < 4.78 is 1.75. The number of hydrogen-bond acceptors (Lipinski definition) is 4. The minimum atomic E-state index is -0.175. The normalized spacial score (nSPS) is 15.0. The van der Waals surface area contributed by atoms with Gasteiger partial charge in [0.2, 0.25) is 5.91 Å². The second kappa shape index (κ2) is 9.57. The predicted molar refractivity (Wildman–Crippen MR) is 120 cm³/mol. The fourth-order valence-electron chi connectivity index (χ4n) is 3.87. The smallest absolute Gasteiger partial charge is 0.255 e. The number of piperidine rings is 1. The molecule has 0 atom stereocenters. The number of carbonyl (C=O) groups excluding carboxylic acids is 2. The summed E-state index contributed by atoms with van der Waals surface area (Å²) in [4.78, 5) is 26.2. The molecule has 0 saturated carbocycles. The molecule has 3 aromatic rings. The summed E-state index contributed by atoms with van der Waals surface area (Å²) in [5.74, 6) is -0.288. The van der Waals surface area contributed by atoms with Crippen LogP contribution < -0.4 is 11.1 Å². The van der Waals surface area contributed by atoms with Gasteiger partial charge >= 0.3 is 0 Å². The van der Waals surface area contributed by atoms with Crippen molar-refractivity contribution in [2.45, 2.75) is 19.3 Å². The highest BCUT2D eigenvalue weighted by Crippen LogP contribution is 2.18. The summed E-state index contributed by atoms with van der Waals surface area (Å²) in [6.45, 7) is 2.79. The quantitative estimate of drug-likeness (QED) is 0.618. The Morgan fingerprint density at radius 2 is 1.74 bits per heavy atom. The largest absolute Gasteiger partial charge is 0.369 e. The van der Waals surface area contributed by atoms with Gasteiger partial charge in [-0.05, 0) is 80.4 Å². The molecular formula is C24H27N5O2. The van der Waals surface area contributed by atoms with Crippen molar-refractivity contribution in [1.82, 2.24) is 14.7 Å². The van der Waals surface area contributed by atoms with Crippen LogP contribution in [0.1, 0.15) is 28.8 Å². The van der Waals surface area contributed by atoms with Crippen molar-refractivity contribution in [2.75, 3.05) is 25.0 Å². The molecule has 31 heavy (non-hydrogen) atoms. The number of nitrogens with two attached hydrogens (primary N) is 1. The fourth-order valence-corrected chi connectivity index (χ4v) is 3.87. The predicted octanol–water partition coefficient (Wildman–Crippen LogP) is 2.86. The lowest BCUT2D eigenvalue weighted by Gasteiger charge is -2.30. The number of benzene rings is 2. The lowest BCUT2D eigenvalue weighted by molar-refractivity contribution is -0.123. The molecule has 1 aromatic heterocycles. The number of carbonyl (C=O) groups is 2. The van der Waals surface area contributed by atoms with Gasteiger partial charge in [0.25, 0.3) is 5.91 Å². The Morgan fingerprint density at radius 3 is 2.35 bits per heavy atom. The van der Waals surface area contributed by atoms with Crippen molar-refractivity contribution in [1.29, 1.82) is 0 Å². The standard InChI is InChI=1S/C24H27N5O2/c25-23(30)19-11-16-28(17-12-19)15-10-18-2-6-21(7-3-18)27-24(31)20-4-8-22(9-5-20)29-14-1-13-26-29/h1-9,13-14,19H,10-12,15-17H2,(H2,25,30)(H,27,31). The van der Waals surface area contributed by atoms with E-state index in [1.54, 1.807) is 23.0 Å². The van der Waals surface area contributed by atoms with E-state index in [1.807, 2.05) is 48.7 Å². The van der Waals surface area contributed by atoms with E-state index in [2.05, 4.69) is 15.3 Å². The number of primary amides is 1. The van der Waals surface area contributed by atoms with Crippen molar-refractivity contribution in [3.8, 4) is 5.69 Å². The van der Waals surface area contributed by atoms with Gasteiger partial charge in [0.1, 0.15) is 0 Å². The van der Waals surface area contributed by atoms with Crippen LogP contribution in [0.2, 0.25) is 0 Å². The van der Waals surface area contributed by atoms with Crippen molar-refractivity contribution in [3.63, 3.8) is 0 Å². The first-order valence-corrected chi connectivity index (χ1v) is 10.6. The molecule has 2 heterocycles. The minimum Gasteiger partial charge on any atom is -0.369 e. The molecule has 4 rings (SSSR count). The number of aromatic nitrogens is 2. The summed E-state index contributed by atoms with van der Waals surface area (Å²) in [5.41, 5.74) is 8.89. The van der Waals surface area contributed by atoms with E-state index in [0.717, 1.165) is 50.3 Å². The Morgan fingerprint density at radius 1 is 1.03 bits per heavy atom. The molecule has 0 bridgehead atoms. The topological polar surface area (TPSA) is 93.3 Å². The zero-order chi connectivity index (χ0) is 21.6. The Hall–Kier alpha value is -3.45. The van der Waals surface area contributed by atoms with E-state index < -0.39 is 0 Å². The van der Waals surface area contributed by atoms with E-state index in [0.29, 0.717) is 5.56 Å². The molecule has 160 valence electrons. The van der Waals surface area contributed by atoms with E-state index >= 15 is 0 Å². The third kappa shape index (κ3) is 5.38. The number of hydrogen-bond donors (Lipinski definition) is 2. The summed E-state index contributed by atoms with van der Waals surface area (Å²) in [6, 6.07) is 17.2. The van der Waals surface area contributed by atoms with Gasteiger partial charge in [-0.25, -0.2) is 4.68 Å². The fraction of sp³-hybridized carbons (Fsp3) is 0.292. The van der Waals surface area contributed by atoms with Crippen LogP contribution in [0.3, 0.4) is 0 Å². The summed E-state index contributed by atoms with van der Waals surface area (Å²) in [7, 11) is 0. The average molecular weight is 418 g/mol. The molecule has 0 aliphatic carbocycles. The molecule has 1 aliphatic heterocycles. The molecule has 1 fully saturated rings. The van der Waals surface area contributed by atoms with Gasteiger partial charge in [0, 0.05) is 36.1 Å². The van der Waals surface area contributed by atoms with Gasteiger partial charge < -0.3 is 16.0 Å². The molecule has 0 unspecified atom stereocenters. The molecule has 2 aromatic carbocycles. The molecule has 0 radical (unpaired) electrons. The summed E-state index contributed by atoms with van der Waals surface area (Å²) in [6.07, 6.45) is 6.21. The van der Waals surface area contributed by atoms with Crippen LogP contribution in [0.25, 0.3) is 5.69 Å². The van der Waals surface area contributed by atoms with Gasteiger partial charge in [0.05, 0.1) is 5.69 Å². The molecule has 7 heteroatoms. The van der Waals surface area contributed by atoms with Gasteiger partial charge in [-0.3, -0.25) is 9.59 Å². The van der Waals surface area contributed by atoms with Crippen molar-refractivity contribution in [2.24, 2.45) is 11.7 Å². The maximum absolute atomic E-state index is 12.5. The van der Waals surface area contributed by atoms with E-state index in [1.165, 1.54) is 5.56 Å². The van der Waals surface area contributed by atoms with Crippen LogP contribution in [0.15, 0.2) is 67.0 Å². The number of nitrogens with one attached hydrogen (secondary N) is 1.